The molecule has 2 aromatic rings. The number of rotatable bonds is 8. The molecule has 2 rings (SSSR count). The van der Waals surface area contributed by atoms with E-state index in [0.717, 1.165) is 5.56 Å². The number of carbonyl (C=O) groups excluding carboxylic acids is 3. The number of amides is 2. The Morgan fingerprint density at radius 1 is 0.933 bits per heavy atom. The van der Waals surface area contributed by atoms with Gasteiger partial charge in [-0.05, 0) is 55.7 Å². The summed E-state index contributed by atoms with van der Waals surface area (Å²) in [4.78, 5) is 37.6. The van der Waals surface area contributed by atoms with Crippen LogP contribution in [0.2, 0.25) is 0 Å². The van der Waals surface area contributed by atoms with Gasteiger partial charge >= 0.3 is 5.97 Å². The molecule has 7 nitrogen and oxygen atoms in total. The molecule has 160 valence electrons. The van der Waals surface area contributed by atoms with Crippen molar-refractivity contribution in [2.45, 2.75) is 39.8 Å². The number of aryl methyl sites for hydroxylation is 1. The van der Waals surface area contributed by atoms with E-state index in [1.165, 1.54) is 6.92 Å². The van der Waals surface area contributed by atoms with Crippen LogP contribution in [0.15, 0.2) is 48.5 Å². The number of hydrogen-bond donors (Lipinski definition) is 2. The van der Waals surface area contributed by atoms with Gasteiger partial charge in [-0.3, -0.25) is 9.59 Å². The van der Waals surface area contributed by atoms with E-state index in [0.29, 0.717) is 17.0 Å². The van der Waals surface area contributed by atoms with Crippen LogP contribution >= 0.6 is 0 Å². The van der Waals surface area contributed by atoms with Gasteiger partial charge in [0.15, 0.2) is 6.10 Å². The van der Waals surface area contributed by atoms with Crippen molar-refractivity contribution in [1.82, 2.24) is 5.32 Å². The maximum Gasteiger partial charge on any atom is 0.329 e. The number of ether oxygens (including phenoxy) is 2. The van der Waals surface area contributed by atoms with E-state index in [-0.39, 0.29) is 11.8 Å². The fourth-order valence-corrected chi connectivity index (χ4v) is 2.76. The predicted octanol–water partition coefficient (Wildman–Crippen LogP) is 3.33. The minimum Gasteiger partial charge on any atom is -0.497 e. The second-order valence-corrected chi connectivity index (χ2v) is 7.31. The fraction of sp³-hybridized carbons (Fsp3) is 0.348. The second kappa shape index (κ2) is 10.4. The lowest BCUT2D eigenvalue weighted by Gasteiger charge is -2.23. The summed E-state index contributed by atoms with van der Waals surface area (Å²) >= 11 is 0. The fourth-order valence-electron chi connectivity index (χ4n) is 2.76. The van der Waals surface area contributed by atoms with Gasteiger partial charge in [0.2, 0.25) is 0 Å². The second-order valence-electron chi connectivity index (χ2n) is 7.31. The zero-order valence-electron chi connectivity index (χ0n) is 17.9. The summed E-state index contributed by atoms with van der Waals surface area (Å²) in [5.41, 5.74) is 1.84. The van der Waals surface area contributed by atoms with Crippen LogP contribution in [0.5, 0.6) is 5.75 Å². The number of hydrogen-bond acceptors (Lipinski definition) is 5. The Hall–Kier alpha value is -3.35. The molecular formula is C23H28N2O5. The third kappa shape index (κ3) is 6.07. The first kappa shape index (κ1) is 22.9. The Labute approximate surface area is 176 Å². The minimum atomic E-state index is -1.03. The summed E-state index contributed by atoms with van der Waals surface area (Å²) in [5, 5.41) is 5.40. The number of anilines is 1. The molecule has 2 N–H and O–H groups in total. The lowest BCUT2D eigenvalue weighted by atomic mass is 10.0. The summed E-state index contributed by atoms with van der Waals surface area (Å²) in [6.45, 7) is 6.90. The highest BCUT2D eigenvalue weighted by Gasteiger charge is 2.29. The average Bonchev–Trinajstić information content (AvgIpc) is 2.72. The molecule has 0 unspecified atom stereocenters. The van der Waals surface area contributed by atoms with Gasteiger partial charge in [0.05, 0.1) is 7.11 Å². The van der Waals surface area contributed by atoms with Crippen molar-refractivity contribution in [2.24, 2.45) is 5.92 Å². The standard InChI is InChI=1S/C23H28N2O5/c1-14(2)20(25-22(27)19-9-7-6-8-15(19)3)23(28)30-16(4)21(26)24-17-10-12-18(29-5)13-11-17/h6-14,16,20H,1-5H3,(H,24,26)(H,25,27)/t16-,20+/m1/s1. The van der Waals surface area contributed by atoms with Gasteiger partial charge in [0, 0.05) is 11.3 Å². The van der Waals surface area contributed by atoms with E-state index in [1.54, 1.807) is 57.4 Å². The van der Waals surface area contributed by atoms with Crippen LogP contribution in [0.4, 0.5) is 5.69 Å². The Morgan fingerprint density at radius 3 is 2.13 bits per heavy atom. The van der Waals surface area contributed by atoms with Gasteiger partial charge in [0.1, 0.15) is 11.8 Å². The van der Waals surface area contributed by atoms with Gasteiger partial charge in [-0.25, -0.2) is 4.79 Å². The molecule has 2 atom stereocenters. The molecule has 0 heterocycles. The molecule has 0 bridgehead atoms. The minimum absolute atomic E-state index is 0.220. The summed E-state index contributed by atoms with van der Waals surface area (Å²) in [7, 11) is 1.55. The Balaban J connectivity index is 2.00. The normalized spacial score (nSPS) is 12.6. The van der Waals surface area contributed by atoms with Gasteiger partial charge in [-0.15, -0.1) is 0 Å². The third-order valence-electron chi connectivity index (χ3n) is 4.62. The molecule has 0 aliphatic rings. The number of esters is 1. The zero-order chi connectivity index (χ0) is 22.3. The molecule has 30 heavy (non-hydrogen) atoms. The molecule has 0 saturated heterocycles. The van der Waals surface area contributed by atoms with Crippen molar-refractivity contribution in [3.8, 4) is 5.75 Å². The highest BCUT2D eigenvalue weighted by atomic mass is 16.5. The molecule has 7 heteroatoms. The number of carbonyl (C=O) groups is 3. The third-order valence-corrected chi connectivity index (χ3v) is 4.62. The molecule has 0 fully saturated rings. The highest BCUT2D eigenvalue weighted by Crippen LogP contribution is 2.16. The van der Waals surface area contributed by atoms with Gasteiger partial charge < -0.3 is 20.1 Å². The van der Waals surface area contributed by atoms with Gasteiger partial charge in [-0.1, -0.05) is 32.0 Å². The lowest BCUT2D eigenvalue weighted by molar-refractivity contribution is -0.156. The van der Waals surface area contributed by atoms with Crippen LogP contribution < -0.4 is 15.4 Å². The molecule has 0 radical (unpaired) electrons. The van der Waals surface area contributed by atoms with E-state index < -0.39 is 24.0 Å². The van der Waals surface area contributed by atoms with E-state index >= 15 is 0 Å². The summed E-state index contributed by atoms with van der Waals surface area (Å²) in [6, 6.07) is 13.0. The van der Waals surface area contributed by atoms with Crippen molar-refractivity contribution >= 4 is 23.5 Å². The average molecular weight is 412 g/mol. The van der Waals surface area contributed by atoms with Crippen molar-refractivity contribution in [3.05, 3.63) is 59.7 Å². The van der Waals surface area contributed by atoms with Crippen molar-refractivity contribution in [3.63, 3.8) is 0 Å². The first-order valence-corrected chi connectivity index (χ1v) is 9.74. The van der Waals surface area contributed by atoms with E-state index in [4.69, 9.17) is 9.47 Å². The maximum atomic E-state index is 12.7. The Kier molecular flexibility index (Phi) is 7.98. The number of methoxy groups -OCH3 is 1. The predicted molar refractivity (Wildman–Crippen MR) is 114 cm³/mol. The van der Waals surface area contributed by atoms with Crippen LogP contribution in [-0.2, 0) is 14.3 Å². The summed E-state index contributed by atoms with van der Waals surface area (Å²) < 4.78 is 10.4. The number of benzene rings is 2. The van der Waals surface area contributed by atoms with E-state index in [1.807, 2.05) is 19.1 Å². The first-order valence-electron chi connectivity index (χ1n) is 9.74. The smallest absolute Gasteiger partial charge is 0.329 e. The van der Waals surface area contributed by atoms with Crippen molar-refractivity contribution in [1.29, 1.82) is 0 Å². The first-order chi connectivity index (χ1) is 14.2. The van der Waals surface area contributed by atoms with Crippen LogP contribution in [0.25, 0.3) is 0 Å². The van der Waals surface area contributed by atoms with Crippen LogP contribution in [-0.4, -0.2) is 37.0 Å². The van der Waals surface area contributed by atoms with Gasteiger partial charge in [0.25, 0.3) is 11.8 Å². The van der Waals surface area contributed by atoms with Crippen LogP contribution in [0, 0.1) is 12.8 Å². The lowest BCUT2D eigenvalue weighted by Crippen LogP contribution is -2.47. The Bertz CT molecular complexity index is 893. The zero-order valence-corrected chi connectivity index (χ0v) is 17.9. The highest BCUT2D eigenvalue weighted by molar-refractivity contribution is 5.99. The molecule has 0 saturated carbocycles. The van der Waals surface area contributed by atoms with Crippen molar-refractivity contribution < 1.29 is 23.9 Å². The maximum absolute atomic E-state index is 12.7. The largest absolute Gasteiger partial charge is 0.497 e. The monoisotopic (exact) mass is 412 g/mol. The molecule has 0 aliphatic carbocycles. The van der Waals surface area contributed by atoms with Crippen LogP contribution in [0.1, 0.15) is 36.7 Å². The Morgan fingerprint density at radius 2 is 1.57 bits per heavy atom. The number of nitrogens with one attached hydrogen (secondary N) is 2. The molecule has 0 aliphatic heterocycles. The molecule has 2 aromatic carbocycles. The summed E-state index contributed by atoms with van der Waals surface area (Å²) in [6.07, 6.45) is -1.03. The summed E-state index contributed by atoms with van der Waals surface area (Å²) in [5.74, 6) is -1.05. The molecular weight excluding hydrogens is 384 g/mol. The quantitative estimate of drug-likeness (QED) is 0.649. The van der Waals surface area contributed by atoms with Crippen molar-refractivity contribution in [2.75, 3.05) is 12.4 Å². The molecule has 0 aromatic heterocycles. The molecule has 0 spiro atoms. The molecule has 2 amide bonds. The van der Waals surface area contributed by atoms with E-state index in [9.17, 15) is 14.4 Å². The van der Waals surface area contributed by atoms with Crippen LogP contribution in [0.3, 0.4) is 0 Å². The topological polar surface area (TPSA) is 93.7 Å². The van der Waals surface area contributed by atoms with Gasteiger partial charge in [-0.2, -0.15) is 0 Å². The SMILES string of the molecule is COc1ccc(NC(=O)[C@@H](C)OC(=O)[C@@H](NC(=O)c2ccccc2C)C(C)C)cc1. The van der Waals surface area contributed by atoms with E-state index in [2.05, 4.69) is 10.6 Å².